The number of nitrogens with one attached hydrogen (secondary N) is 1. The fourth-order valence-electron chi connectivity index (χ4n) is 3.15. The third kappa shape index (κ3) is 2.19. The molecule has 0 radical (unpaired) electrons. The molecular formula is C14H19N3O2. The molecule has 0 aromatic heterocycles. The number of nitrogens with two attached hydrogens (primary N) is 1. The highest BCUT2D eigenvalue weighted by molar-refractivity contribution is 5.98. The maximum Gasteiger partial charge on any atom is 0.242 e. The molecule has 0 aliphatic carbocycles. The van der Waals surface area contributed by atoms with E-state index in [4.69, 9.17) is 5.73 Å². The van der Waals surface area contributed by atoms with Crippen molar-refractivity contribution in [1.82, 2.24) is 4.90 Å². The second kappa shape index (κ2) is 4.83. The first-order valence-corrected chi connectivity index (χ1v) is 6.75. The fourth-order valence-corrected chi connectivity index (χ4v) is 3.15. The summed E-state index contributed by atoms with van der Waals surface area (Å²) < 4.78 is 0. The van der Waals surface area contributed by atoms with Gasteiger partial charge >= 0.3 is 0 Å². The Morgan fingerprint density at radius 3 is 3.11 bits per heavy atom. The van der Waals surface area contributed by atoms with Crippen LogP contribution >= 0.6 is 0 Å². The van der Waals surface area contributed by atoms with Gasteiger partial charge < -0.3 is 16.2 Å². The first-order valence-electron chi connectivity index (χ1n) is 6.75. The lowest BCUT2D eigenvalue weighted by Crippen LogP contribution is -2.50. The number of rotatable bonds is 2. The van der Waals surface area contributed by atoms with Crippen LogP contribution in [-0.2, 0) is 11.2 Å². The highest BCUT2D eigenvalue weighted by Gasteiger charge is 2.37. The van der Waals surface area contributed by atoms with E-state index in [1.807, 2.05) is 12.1 Å². The van der Waals surface area contributed by atoms with Gasteiger partial charge in [0.2, 0.25) is 5.91 Å². The van der Waals surface area contributed by atoms with Crippen molar-refractivity contribution >= 4 is 17.3 Å². The van der Waals surface area contributed by atoms with Crippen molar-refractivity contribution in [2.45, 2.75) is 31.3 Å². The lowest BCUT2D eigenvalue weighted by molar-refractivity contribution is -0.122. The summed E-state index contributed by atoms with van der Waals surface area (Å²) >= 11 is 0. The second-order valence-electron chi connectivity index (χ2n) is 5.34. The van der Waals surface area contributed by atoms with Gasteiger partial charge in [0.15, 0.2) is 0 Å². The molecule has 1 aromatic carbocycles. The molecule has 1 aromatic rings. The van der Waals surface area contributed by atoms with Crippen LogP contribution in [0.1, 0.15) is 18.4 Å². The van der Waals surface area contributed by atoms with Gasteiger partial charge in [-0.15, -0.1) is 0 Å². The van der Waals surface area contributed by atoms with Gasteiger partial charge in [-0.2, -0.15) is 0 Å². The number of fused-ring (bicyclic) bond motifs is 1. The first-order chi connectivity index (χ1) is 9.19. The molecule has 2 aliphatic heterocycles. The Balaban J connectivity index is 1.86. The number of likely N-dealkylation sites (tertiary alicyclic amines) is 1. The number of aliphatic hydroxyl groups is 1. The van der Waals surface area contributed by atoms with Crippen molar-refractivity contribution in [2.75, 3.05) is 24.2 Å². The molecule has 5 heteroatoms. The number of carbonyl (C=O) groups excluding carboxylic acids is 1. The van der Waals surface area contributed by atoms with Crippen molar-refractivity contribution in [3.05, 3.63) is 23.8 Å². The quantitative estimate of drug-likeness (QED) is 0.681. The lowest BCUT2D eigenvalue weighted by atomic mass is 9.97. The molecule has 4 N–H and O–H groups in total. The molecule has 1 fully saturated rings. The van der Waals surface area contributed by atoms with Crippen molar-refractivity contribution in [3.8, 4) is 0 Å². The second-order valence-corrected chi connectivity index (χ2v) is 5.34. The predicted molar refractivity (Wildman–Crippen MR) is 73.8 cm³/mol. The van der Waals surface area contributed by atoms with E-state index in [1.54, 1.807) is 6.07 Å². The predicted octanol–water partition coefficient (Wildman–Crippen LogP) is 0.589. The van der Waals surface area contributed by atoms with E-state index < -0.39 is 0 Å². The summed E-state index contributed by atoms with van der Waals surface area (Å²) in [6.45, 7) is 0.995. The summed E-state index contributed by atoms with van der Waals surface area (Å²) in [6, 6.07) is 5.50. The highest BCUT2D eigenvalue weighted by atomic mass is 16.3. The molecule has 1 saturated heterocycles. The van der Waals surface area contributed by atoms with Gasteiger partial charge in [0.05, 0.1) is 12.6 Å². The van der Waals surface area contributed by atoms with Crippen LogP contribution in [0.2, 0.25) is 0 Å². The minimum atomic E-state index is -0.186. The van der Waals surface area contributed by atoms with Crippen LogP contribution in [0.3, 0.4) is 0 Å². The van der Waals surface area contributed by atoms with Gasteiger partial charge in [-0.3, -0.25) is 9.69 Å². The van der Waals surface area contributed by atoms with Crippen LogP contribution in [0.25, 0.3) is 0 Å². The number of nitrogen functional groups attached to an aromatic ring is 1. The summed E-state index contributed by atoms with van der Waals surface area (Å²) in [7, 11) is 0. The smallest absolute Gasteiger partial charge is 0.242 e. The van der Waals surface area contributed by atoms with Crippen LogP contribution in [0.15, 0.2) is 18.2 Å². The fraction of sp³-hybridized carbons (Fsp3) is 0.500. The lowest BCUT2D eigenvalue weighted by Gasteiger charge is -2.34. The molecule has 19 heavy (non-hydrogen) atoms. The molecule has 2 heterocycles. The maximum absolute atomic E-state index is 12.2. The normalized spacial score (nSPS) is 27.1. The summed E-state index contributed by atoms with van der Waals surface area (Å²) in [5, 5.41) is 12.3. The Morgan fingerprint density at radius 1 is 1.47 bits per heavy atom. The van der Waals surface area contributed by atoms with Crippen molar-refractivity contribution in [2.24, 2.45) is 0 Å². The molecule has 1 unspecified atom stereocenters. The molecule has 5 nitrogen and oxygen atoms in total. The molecule has 1 amide bonds. The van der Waals surface area contributed by atoms with Crippen molar-refractivity contribution in [1.29, 1.82) is 0 Å². The van der Waals surface area contributed by atoms with E-state index in [-0.39, 0.29) is 24.6 Å². The van der Waals surface area contributed by atoms with E-state index in [1.165, 1.54) is 0 Å². The summed E-state index contributed by atoms with van der Waals surface area (Å²) in [5.41, 5.74) is 8.45. The highest BCUT2D eigenvalue weighted by Crippen LogP contribution is 2.30. The number of carbonyl (C=O) groups is 1. The first kappa shape index (κ1) is 12.4. The maximum atomic E-state index is 12.2. The Hall–Kier alpha value is -1.59. The summed E-state index contributed by atoms with van der Waals surface area (Å²) in [4.78, 5) is 14.4. The van der Waals surface area contributed by atoms with Gasteiger partial charge in [-0.05, 0) is 49.6 Å². The summed E-state index contributed by atoms with van der Waals surface area (Å²) in [5.74, 6) is 0.0256. The number of nitrogens with zero attached hydrogens (tertiary/aromatic N) is 1. The van der Waals surface area contributed by atoms with E-state index in [2.05, 4.69) is 10.2 Å². The average molecular weight is 261 g/mol. The zero-order chi connectivity index (χ0) is 13.4. The largest absolute Gasteiger partial charge is 0.399 e. The molecule has 0 bridgehead atoms. The average Bonchev–Trinajstić information content (AvgIpc) is 2.86. The minimum Gasteiger partial charge on any atom is -0.399 e. The standard InChI is InChI=1S/C14H19N3O2/c15-10-3-4-12-9(6-10)7-13(14(19)16-12)17-5-1-2-11(17)8-18/h3-4,6,11,13,18H,1-2,5,7-8,15H2,(H,16,19)/t11-,13?/m0/s1. The zero-order valence-electron chi connectivity index (χ0n) is 10.8. The van der Waals surface area contributed by atoms with E-state index >= 15 is 0 Å². The molecule has 102 valence electrons. The Morgan fingerprint density at radius 2 is 2.32 bits per heavy atom. The van der Waals surface area contributed by atoms with Gasteiger partial charge in [0.1, 0.15) is 0 Å². The number of hydrogen-bond acceptors (Lipinski definition) is 4. The number of anilines is 2. The number of hydrogen-bond donors (Lipinski definition) is 3. The van der Waals surface area contributed by atoms with Gasteiger partial charge in [-0.1, -0.05) is 0 Å². The topological polar surface area (TPSA) is 78.6 Å². The van der Waals surface area contributed by atoms with Crippen LogP contribution in [0.5, 0.6) is 0 Å². The number of aliphatic hydroxyl groups excluding tert-OH is 1. The monoisotopic (exact) mass is 261 g/mol. The Kier molecular flexibility index (Phi) is 3.16. The van der Waals surface area contributed by atoms with E-state index in [0.717, 1.165) is 30.6 Å². The van der Waals surface area contributed by atoms with Crippen LogP contribution in [0, 0.1) is 0 Å². The molecular weight excluding hydrogens is 242 g/mol. The number of benzene rings is 1. The zero-order valence-corrected chi connectivity index (χ0v) is 10.8. The third-order valence-corrected chi connectivity index (χ3v) is 4.14. The van der Waals surface area contributed by atoms with Gasteiger partial charge in [-0.25, -0.2) is 0 Å². The summed E-state index contributed by atoms with van der Waals surface area (Å²) in [6.07, 6.45) is 2.67. The van der Waals surface area contributed by atoms with E-state index in [9.17, 15) is 9.90 Å². The van der Waals surface area contributed by atoms with Crippen molar-refractivity contribution < 1.29 is 9.90 Å². The molecule has 2 aliphatic rings. The van der Waals surface area contributed by atoms with Crippen LogP contribution < -0.4 is 11.1 Å². The van der Waals surface area contributed by atoms with Crippen LogP contribution in [0.4, 0.5) is 11.4 Å². The van der Waals surface area contributed by atoms with Gasteiger partial charge in [0, 0.05) is 17.4 Å². The minimum absolute atomic E-state index is 0.0256. The van der Waals surface area contributed by atoms with E-state index in [0.29, 0.717) is 12.1 Å². The molecule has 3 rings (SSSR count). The van der Waals surface area contributed by atoms with Crippen molar-refractivity contribution in [3.63, 3.8) is 0 Å². The van der Waals surface area contributed by atoms with Crippen LogP contribution in [-0.4, -0.2) is 41.1 Å². The SMILES string of the molecule is Nc1ccc2c(c1)CC(N1CCC[C@H]1CO)C(=O)N2. The number of amides is 1. The third-order valence-electron chi connectivity index (χ3n) is 4.14. The molecule has 0 spiro atoms. The Labute approximate surface area is 112 Å². The molecule has 2 atom stereocenters. The Bertz CT molecular complexity index is 503. The van der Waals surface area contributed by atoms with Gasteiger partial charge in [0.25, 0.3) is 0 Å². The molecule has 0 saturated carbocycles.